The molecule has 9 nitrogen and oxygen atoms in total. The van der Waals surface area contributed by atoms with Gasteiger partial charge in [0.2, 0.25) is 11.9 Å². The van der Waals surface area contributed by atoms with Crippen LogP contribution in [-0.2, 0) is 11.3 Å². The summed E-state index contributed by atoms with van der Waals surface area (Å²) in [5.74, 6) is 1.32. The van der Waals surface area contributed by atoms with Crippen LogP contribution in [0.25, 0.3) is 39.5 Å². The first-order chi connectivity index (χ1) is 16.1. The van der Waals surface area contributed by atoms with Gasteiger partial charge in [0.1, 0.15) is 12.0 Å². The summed E-state index contributed by atoms with van der Waals surface area (Å²) in [4.78, 5) is 37.0. The van der Waals surface area contributed by atoms with E-state index in [1.165, 1.54) is 0 Å². The third kappa shape index (κ3) is 3.16. The van der Waals surface area contributed by atoms with E-state index >= 15 is 0 Å². The number of nitrogens with zero attached hydrogens (tertiary/aromatic N) is 8. The second-order valence-electron chi connectivity index (χ2n) is 8.00. The van der Waals surface area contributed by atoms with Crippen LogP contribution in [0.5, 0.6) is 0 Å². The molecule has 5 heterocycles. The Kier molecular flexibility index (Phi) is 4.29. The molecule has 0 unspecified atom stereocenters. The molecule has 5 aromatic rings. The normalized spacial score (nSPS) is 13.0. The predicted octanol–water partition coefficient (Wildman–Crippen LogP) is 3.42. The van der Waals surface area contributed by atoms with Crippen molar-refractivity contribution >= 4 is 22.9 Å². The third-order valence-corrected chi connectivity index (χ3v) is 5.82. The largest absolute Gasteiger partial charge is 0.307 e. The molecule has 162 valence electrons. The average molecular weight is 436 g/mol. The molecule has 0 saturated heterocycles. The lowest BCUT2D eigenvalue weighted by Crippen LogP contribution is -2.26. The Morgan fingerprint density at radius 3 is 2.73 bits per heavy atom. The van der Waals surface area contributed by atoms with E-state index in [9.17, 15) is 4.79 Å². The van der Waals surface area contributed by atoms with E-state index in [1.54, 1.807) is 30.5 Å². The van der Waals surface area contributed by atoms with Crippen molar-refractivity contribution in [1.29, 1.82) is 0 Å². The number of benzene rings is 1. The zero-order valence-electron chi connectivity index (χ0n) is 18.2. The van der Waals surface area contributed by atoms with E-state index in [2.05, 4.69) is 14.5 Å². The zero-order valence-corrected chi connectivity index (χ0v) is 18.2. The number of hydrogen-bond acceptors (Lipinski definition) is 6. The summed E-state index contributed by atoms with van der Waals surface area (Å²) in [5.41, 5.74) is 5.85. The minimum Gasteiger partial charge on any atom is -0.307 e. The van der Waals surface area contributed by atoms with Crippen LogP contribution in [0, 0.1) is 6.92 Å². The number of anilines is 1. The lowest BCUT2D eigenvalue weighted by molar-refractivity contribution is -0.116. The standard InChI is InChI=1S/C24H20N8O/c1-15-4-3-5-19(27-15)22-23(32-11-10-31(16(2)33)24(32)29-22)17-6-7-18-20(12-17)28-21(13-26-18)30-9-8-25-14-30/h3-9,12-14H,10-11H2,1-2H3. The first-order valence-corrected chi connectivity index (χ1v) is 10.7. The van der Waals surface area contributed by atoms with Gasteiger partial charge in [-0.15, -0.1) is 0 Å². The number of amides is 1. The molecule has 1 aliphatic rings. The van der Waals surface area contributed by atoms with Crippen molar-refractivity contribution in [1.82, 2.24) is 34.1 Å². The highest BCUT2D eigenvalue weighted by atomic mass is 16.2. The van der Waals surface area contributed by atoms with Crippen LogP contribution in [0.3, 0.4) is 0 Å². The number of pyridine rings is 1. The molecule has 4 aromatic heterocycles. The van der Waals surface area contributed by atoms with Crippen LogP contribution in [0.1, 0.15) is 12.6 Å². The van der Waals surface area contributed by atoms with Crippen molar-refractivity contribution in [3.05, 3.63) is 67.0 Å². The molecule has 1 aliphatic heterocycles. The maximum absolute atomic E-state index is 12.2. The zero-order chi connectivity index (χ0) is 22.5. The molecular formula is C24H20N8O. The van der Waals surface area contributed by atoms with E-state index in [0.29, 0.717) is 24.9 Å². The Labute approximate surface area is 189 Å². The molecule has 1 aromatic carbocycles. The van der Waals surface area contributed by atoms with E-state index < -0.39 is 0 Å². The van der Waals surface area contributed by atoms with Gasteiger partial charge < -0.3 is 4.57 Å². The molecule has 0 fully saturated rings. The van der Waals surface area contributed by atoms with Crippen LogP contribution in [0.15, 0.2) is 61.3 Å². The smallest absolute Gasteiger partial charge is 0.226 e. The maximum atomic E-state index is 12.2. The van der Waals surface area contributed by atoms with Crippen LogP contribution in [0.4, 0.5) is 5.95 Å². The van der Waals surface area contributed by atoms with Crippen LogP contribution in [-0.4, -0.2) is 46.5 Å². The lowest BCUT2D eigenvalue weighted by atomic mass is 10.1. The van der Waals surface area contributed by atoms with Gasteiger partial charge in [-0.05, 0) is 31.2 Å². The first-order valence-electron chi connectivity index (χ1n) is 10.7. The van der Waals surface area contributed by atoms with Crippen molar-refractivity contribution in [2.75, 3.05) is 11.4 Å². The topological polar surface area (TPSA) is 94.6 Å². The molecule has 33 heavy (non-hydrogen) atoms. The summed E-state index contributed by atoms with van der Waals surface area (Å²) in [5, 5.41) is 0. The molecule has 0 spiro atoms. The van der Waals surface area contributed by atoms with Crippen molar-refractivity contribution in [3.63, 3.8) is 0 Å². The average Bonchev–Trinajstić information content (AvgIpc) is 3.55. The minimum absolute atomic E-state index is 0.0246. The Bertz CT molecular complexity index is 1520. The summed E-state index contributed by atoms with van der Waals surface area (Å²) in [6, 6.07) is 11.9. The van der Waals surface area contributed by atoms with Gasteiger partial charge in [-0.2, -0.15) is 0 Å². The van der Waals surface area contributed by atoms with E-state index in [0.717, 1.165) is 39.4 Å². The number of hydrogen-bond donors (Lipinski definition) is 0. The maximum Gasteiger partial charge on any atom is 0.226 e. The quantitative estimate of drug-likeness (QED) is 0.430. The van der Waals surface area contributed by atoms with Crippen molar-refractivity contribution in [2.24, 2.45) is 0 Å². The molecule has 0 atom stereocenters. The first kappa shape index (κ1) is 19.3. The lowest BCUT2D eigenvalue weighted by Gasteiger charge is -2.10. The highest BCUT2D eigenvalue weighted by Crippen LogP contribution is 2.38. The molecule has 0 radical (unpaired) electrons. The van der Waals surface area contributed by atoms with Gasteiger partial charge in [0.25, 0.3) is 0 Å². The summed E-state index contributed by atoms with van der Waals surface area (Å²) in [7, 11) is 0. The fourth-order valence-electron chi connectivity index (χ4n) is 4.27. The number of imidazole rings is 2. The minimum atomic E-state index is -0.0246. The molecule has 0 aliphatic carbocycles. The van der Waals surface area contributed by atoms with Crippen LogP contribution >= 0.6 is 0 Å². The summed E-state index contributed by atoms with van der Waals surface area (Å²) in [6.45, 7) is 4.79. The van der Waals surface area contributed by atoms with Crippen LogP contribution < -0.4 is 4.90 Å². The molecule has 0 saturated carbocycles. The number of rotatable bonds is 3. The molecule has 1 amide bonds. The Hall–Kier alpha value is -4.40. The molecule has 0 N–H and O–H groups in total. The van der Waals surface area contributed by atoms with Crippen molar-refractivity contribution in [2.45, 2.75) is 20.4 Å². The number of aryl methyl sites for hydroxylation is 1. The second kappa shape index (κ2) is 7.33. The van der Waals surface area contributed by atoms with Gasteiger partial charge in [0, 0.05) is 43.7 Å². The monoisotopic (exact) mass is 436 g/mol. The third-order valence-electron chi connectivity index (χ3n) is 5.82. The van der Waals surface area contributed by atoms with Gasteiger partial charge >= 0.3 is 0 Å². The SMILES string of the molecule is CC(=O)N1CCn2c1nc(-c1cccc(C)n1)c2-c1ccc2ncc(-n3ccnc3)nc2c1. The number of carbonyl (C=O) groups excluding carboxylic acids is 1. The molecular weight excluding hydrogens is 416 g/mol. The van der Waals surface area contributed by atoms with E-state index in [4.69, 9.17) is 15.0 Å². The van der Waals surface area contributed by atoms with Gasteiger partial charge in [-0.1, -0.05) is 12.1 Å². The predicted molar refractivity (Wildman–Crippen MR) is 124 cm³/mol. The fourth-order valence-corrected chi connectivity index (χ4v) is 4.27. The van der Waals surface area contributed by atoms with Crippen molar-refractivity contribution < 1.29 is 4.79 Å². The second-order valence-corrected chi connectivity index (χ2v) is 8.00. The Balaban J connectivity index is 1.56. The Morgan fingerprint density at radius 2 is 1.94 bits per heavy atom. The highest BCUT2D eigenvalue weighted by Gasteiger charge is 2.30. The Morgan fingerprint density at radius 1 is 1.03 bits per heavy atom. The molecule has 9 heteroatoms. The van der Waals surface area contributed by atoms with Gasteiger partial charge in [-0.25, -0.2) is 15.0 Å². The van der Waals surface area contributed by atoms with Crippen LogP contribution in [0.2, 0.25) is 0 Å². The van der Waals surface area contributed by atoms with Gasteiger partial charge in [-0.3, -0.25) is 24.2 Å². The summed E-state index contributed by atoms with van der Waals surface area (Å²) >= 11 is 0. The van der Waals surface area contributed by atoms with Gasteiger partial charge in [0.05, 0.1) is 28.6 Å². The summed E-state index contributed by atoms with van der Waals surface area (Å²) in [6.07, 6.45) is 6.97. The number of aromatic nitrogens is 7. The summed E-state index contributed by atoms with van der Waals surface area (Å²) < 4.78 is 3.91. The highest BCUT2D eigenvalue weighted by molar-refractivity contribution is 5.93. The van der Waals surface area contributed by atoms with Gasteiger partial charge in [0.15, 0.2) is 5.82 Å². The number of carbonyl (C=O) groups is 1. The van der Waals surface area contributed by atoms with Crippen molar-refractivity contribution in [3.8, 4) is 28.5 Å². The van der Waals surface area contributed by atoms with E-state index in [-0.39, 0.29) is 5.91 Å². The van der Waals surface area contributed by atoms with E-state index in [1.807, 2.05) is 54.1 Å². The fraction of sp³-hybridized carbons (Fsp3) is 0.167. The molecule has 6 rings (SSSR count). The molecule has 0 bridgehead atoms. The number of fused-ring (bicyclic) bond motifs is 2.